The van der Waals surface area contributed by atoms with Gasteiger partial charge in [-0.25, -0.2) is 15.0 Å². The first-order chi connectivity index (χ1) is 22.8. The van der Waals surface area contributed by atoms with Gasteiger partial charge in [0.05, 0.1) is 11.4 Å². The van der Waals surface area contributed by atoms with Crippen LogP contribution < -0.4 is 0 Å². The van der Waals surface area contributed by atoms with E-state index in [0.717, 1.165) is 70.5 Å². The summed E-state index contributed by atoms with van der Waals surface area (Å²) >= 11 is 1.76. The highest BCUT2D eigenvalue weighted by Gasteiger charge is 2.20. The number of benzene rings is 6. The van der Waals surface area contributed by atoms with Crippen LogP contribution in [0.3, 0.4) is 0 Å². The summed E-state index contributed by atoms with van der Waals surface area (Å²) in [6.45, 7) is 0. The molecule has 0 atom stereocenters. The fourth-order valence-electron chi connectivity index (χ4n) is 6.18. The minimum absolute atomic E-state index is 0.610. The molecule has 0 aliphatic rings. The van der Waals surface area contributed by atoms with E-state index in [2.05, 4.69) is 103 Å². The predicted molar refractivity (Wildman–Crippen MR) is 190 cm³/mol. The van der Waals surface area contributed by atoms with E-state index in [1.54, 1.807) is 11.3 Å². The Balaban J connectivity index is 1.29. The molecule has 6 aromatic carbocycles. The van der Waals surface area contributed by atoms with E-state index in [1.165, 1.54) is 5.56 Å². The third-order valence-corrected chi connectivity index (χ3v) is 9.47. The zero-order valence-corrected chi connectivity index (χ0v) is 25.4. The molecule has 0 saturated heterocycles. The highest BCUT2D eigenvalue weighted by molar-refractivity contribution is 7.26. The zero-order valence-electron chi connectivity index (χ0n) is 24.6. The second kappa shape index (κ2) is 10.9. The van der Waals surface area contributed by atoms with Crippen LogP contribution in [0.15, 0.2) is 156 Å². The molecule has 9 rings (SSSR count). The van der Waals surface area contributed by atoms with E-state index < -0.39 is 0 Å². The first kappa shape index (κ1) is 26.5. The molecule has 3 heterocycles. The van der Waals surface area contributed by atoms with Gasteiger partial charge in [0.2, 0.25) is 5.89 Å². The summed E-state index contributed by atoms with van der Waals surface area (Å²) in [6, 6.07) is 52.1. The summed E-state index contributed by atoms with van der Waals surface area (Å²) in [7, 11) is 0. The maximum absolute atomic E-state index is 6.29. The largest absolute Gasteiger partial charge is 0.436 e. The van der Waals surface area contributed by atoms with Crippen LogP contribution in [0.4, 0.5) is 0 Å². The molecule has 0 spiro atoms. The lowest BCUT2D eigenvalue weighted by molar-refractivity contribution is 0.620. The van der Waals surface area contributed by atoms with E-state index in [9.17, 15) is 0 Å². The van der Waals surface area contributed by atoms with Crippen molar-refractivity contribution in [2.75, 3.05) is 0 Å². The van der Waals surface area contributed by atoms with E-state index in [4.69, 9.17) is 19.4 Å². The molecule has 5 heteroatoms. The first-order valence-corrected chi connectivity index (χ1v) is 16.0. The van der Waals surface area contributed by atoms with E-state index in [1.807, 2.05) is 48.5 Å². The van der Waals surface area contributed by atoms with Gasteiger partial charge in [0.15, 0.2) is 11.4 Å². The third kappa shape index (κ3) is 4.57. The molecule has 0 fully saturated rings. The molecular formula is C41H25N3OS. The topological polar surface area (TPSA) is 51.8 Å². The number of fused-ring (bicyclic) bond motifs is 4. The fourth-order valence-corrected chi connectivity index (χ4v) is 7.34. The van der Waals surface area contributed by atoms with Crippen molar-refractivity contribution in [2.24, 2.45) is 0 Å². The Hall–Kier alpha value is -5.91. The summed E-state index contributed by atoms with van der Waals surface area (Å²) in [5.41, 5.74) is 9.70. The van der Waals surface area contributed by atoms with Crippen molar-refractivity contribution in [1.29, 1.82) is 0 Å². The van der Waals surface area contributed by atoms with Crippen molar-refractivity contribution in [1.82, 2.24) is 15.0 Å². The van der Waals surface area contributed by atoms with Gasteiger partial charge >= 0.3 is 0 Å². The van der Waals surface area contributed by atoms with Gasteiger partial charge < -0.3 is 4.42 Å². The van der Waals surface area contributed by atoms with Crippen molar-refractivity contribution in [3.8, 4) is 56.5 Å². The molecule has 4 nitrogen and oxygen atoms in total. The lowest BCUT2D eigenvalue weighted by atomic mass is 9.99. The third-order valence-electron chi connectivity index (χ3n) is 8.35. The van der Waals surface area contributed by atoms with Crippen LogP contribution in [0, 0.1) is 0 Å². The van der Waals surface area contributed by atoms with Crippen molar-refractivity contribution < 1.29 is 4.42 Å². The Kier molecular flexibility index (Phi) is 6.28. The first-order valence-electron chi connectivity index (χ1n) is 15.2. The smallest absolute Gasteiger partial charge is 0.227 e. The van der Waals surface area contributed by atoms with E-state index in [-0.39, 0.29) is 0 Å². The number of rotatable bonds is 5. The SMILES string of the molecule is c1ccc(-c2cccc(-c3cc(-c4ccccc4)nc(-c4cccc5sc6cccc(-c7nc8ccccc8o7)c6c45)n3)c2)cc1. The van der Waals surface area contributed by atoms with Gasteiger partial charge in [-0.1, -0.05) is 109 Å². The molecule has 0 unspecified atom stereocenters. The Bertz CT molecular complexity index is 2500. The van der Waals surface area contributed by atoms with Gasteiger partial charge in [0.1, 0.15) is 5.52 Å². The second-order valence-corrected chi connectivity index (χ2v) is 12.3. The molecule has 46 heavy (non-hydrogen) atoms. The van der Waals surface area contributed by atoms with Crippen LogP contribution >= 0.6 is 11.3 Å². The van der Waals surface area contributed by atoms with E-state index in [0.29, 0.717) is 11.7 Å². The van der Waals surface area contributed by atoms with Gasteiger partial charge in [0.25, 0.3) is 0 Å². The molecule has 0 radical (unpaired) electrons. The van der Waals surface area contributed by atoms with Crippen LogP contribution in [0.2, 0.25) is 0 Å². The van der Waals surface area contributed by atoms with Crippen LogP contribution in [0.25, 0.3) is 87.8 Å². The normalized spacial score (nSPS) is 11.5. The lowest BCUT2D eigenvalue weighted by Gasteiger charge is -2.12. The van der Waals surface area contributed by atoms with Crippen molar-refractivity contribution in [3.05, 3.63) is 152 Å². The second-order valence-electron chi connectivity index (χ2n) is 11.2. The van der Waals surface area contributed by atoms with Crippen LogP contribution in [0.1, 0.15) is 0 Å². The molecule has 216 valence electrons. The predicted octanol–water partition coefficient (Wildman–Crippen LogP) is 11.3. The molecule has 0 bridgehead atoms. The number of para-hydroxylation sites is 2. The Morgan fingerprint density at radius 1 is 0.435 bits per heavy atom. The van der Waals surface area contributed by atoms with Crippen molar-refractivity contribution in [3.63, 3.8) is 0 Å². The monoisotopic (exact) mass is 607 g/mol. The summed E-state index contributed by atoms with van der Waals surface area (Å²) in [5, 5.41) is 2.21. The molecule has 3 aromatic heterocycles. The number of hydrogen-bond acceptors (Lipinski definition) is 5. The summed E-state index contributed by atoms with van der Waals surface area (Å²) in [6.07, 6.45) is 0. The number of hydrogen-bond donors (Lipinski definition) is 0. The Morgan fingerprint density at radius 3 is 1.78 bits per heavy atom. The molecule has 0 aliphatic carbocycles. The van der Waals surface area contributed by atoms with Gasteiger partial charge in [-0.2, -0.15) is 0 Å². The molecule has 9 aromatic rings. The van der Waals surface area contributed by atoms with Crippen molar-refractivity contribution in [2.45, 2.75) is 0 Å². The standard InChI is InChI=1S/C41H25N3OS/c1-3-12-26(13-4-1)28-16-9-17-29(24-28)34-25-33(27-14-5-2-6-15-27)42-40(43-34)30-18-10-22-36-38(30)39-31(19-11-23-37(39)46-36)41-44-32-20-7-8-21-35(32)45-41/h1-25H. The Morgan fingerprint density at radius 2 is 1.02 bits per heavy atom. The van der Waals surface area contributed by atoms with Crippen LogP contribution in [-0.4, -0.2) is 15.0 Å². The Labute approximate surface area is 269 Å². The minimum Gasteiger partial charge on any atom is -0.436 e. The highest BCUT2D eigenvalue weighted by Crippen LogP contribution is 2.44. The van der Waals surface area contributed by atoms with Crippen molar-refractivity contribution >= 4 is 42.6 Å². The molecule has 0 N–H and O–H groups in total. The summed E-state index contributed by atoms with van der Waals surface area (Å²) < 4.78 is 8.62. The summed E-state index contributed by atoms with van der Waals surface area (Å²) in [4.78, 5) is 15.3. The quantitative estimate of drug-likeness (QED) is 0.195. The average molecular weight is 608 g/mol. The molecular weight excluding hydrogens is 583 g/mol. The molecule has 0 saturated carbocycles. The molecule has 0 aliphatic heterocycles. The number of nitrogens with zero attached hydrogens (tertiary/aromatic N) is 3. The summed E-state index contributed by atoms with van der Waals surface area (Å²) in [5.74, 6) is 1.29. The van der Waals surface area contributed by atoms with Gasteiger partial charge in [-0.05, 0) is 53.6 Å². The minimum atomic E-state index is 0.610. The zero-order chi connectivity index (χ0) is 30.5. The van der Waals surface area contributed by atoms with Gasteiger partial charge in [-0.3, -0.25) is 0 Å². The van der Waals surface area contributed by atoms with E-state index >= 15 is 0 Å². The van der Waals surface area contributed by atoms with Crippen LogP contribution in [-0.2, 0) is 0 Å². The number of aromatic nitrogens is 3. The van der Waals surface area contributed by atoms with Gasteiger partial charge in [-0.15, -0.1) is 11.3 Å². The maximum atomic E-state index is 6.29. The highest BCUT2D eigenvalue weighted by atomic mass is 32.1. The van der Waals surface area contributed by atoms with Gasteiger partial charge in [0, 0.05) is 42.4 Å². The molecule has 0 amide bonds. The maximum Gasteiger partial charge on any atom is 0.227 e. The number of oxazole rings is 1. The fraction of sp³-hybridized carbons (Fsp3) is 0. The average Bonchev–Trinajstić information content (AvgIpc) is 3.74. The van der Waals surface area contributed by atoms with Crippen LogP contribution in [0.5, 0.6) is 0 Å². The lowest BCUT2D eigenvalue weighted by Crippen LogP contribution is -1.96. The number of thiophene rings is 1.